The number of hydrogen-bond acceptors (Lipinski definition) is 7. The number of carboxylic acid groups (broad SMARTS) is 1. The molecule has 9 heteroatoms. The fourth-order valence-corrected chi connectivity index (χ4v) is 4.90. The van der Waals surface area contributed by atoms with Gasteiger partial charge in [0.2, 0.25) is 5.91 Å². The Morgan fingerprint density at radius 3 is 3.14 bits per heavy atom. The quantitative estimate of drug-likeness (QED) is 0.601. The lowest BCUT2D eigenvalue weighted by Gasteiger charge is -2.48. The molecule has 0 bridgehead atoms. The number of amides is 1. The molecule has 7 nitrogen and oxygen atoms in total. The molecule has 22 heavy (non-hydrogen) atoms. The van der Waals surface area contributed by atoms with Crippen molar-refractivity contribution in [2.75, 3.05) is 11.5 Å². The van der Waals surface area contributed by atoms with E-state index in [4.69, 9.17) is 10.2 Å². The Balaban J connectivity index is 1.81. The Kier molecular flexibility index (Phi) is 4.20. The van der Waals surface area contributed by atoms with E-state index < -0.39 is 12.0 Å². The Bertz CT molecular complexity index is 657. The number of aryl methyl sites for hydroxylation is 1. The lowest BCUT2D eigenvalue weighted by molar-refractivity contribution is -0.147. The molecule has 1 unspecified atom stereocenters. The summed E-state index contributed by atoms with van der Waals surface area (Å²) in [6, 6.07) is -0.602. The van der Waals surface area contributed by atoms with Gasteiger partial charge in [-0.05, 0) is 12.0 Å². The van der Waals surface area contributed by atoms with E-state index in [-0.39, 0.29) is 17.0 Å². The molecule has 0 saturated carbocycles. The van der Waals surface area contributed by atoms with Crippen molar-refractivity contribution in [2.24, 2.45) is 5.73 Å². The smallest absolute Gasteiger partial charge is 0.352 e. The van der Waals surface area contributed by atoms with Crippen LogP contribution in [0, 0.1) is 0 Å². The minimum atomic E-state index is -1.09. The summed E-state index contributed by atoms with van der Waals surface area (Å²) in [7, 11) is 0. The number of oxazole rings is 1. The van der Waals surface area contributed by atoms with Crippen LogP contribution in [0.1, 0.15) is 12.6 Å². The van der Waals surface area contributed by atoms with Crippen LogP contribution >= 0.6 is 23.5 Å². The lowest BCUT2D eigenvalue weighted by Crippen LogP contribution is -2.68. The molecule has 1 fully saturated rings. The highest BCUT2D eigenvalue weighted by Gasteiger charge is 2.51. The van der Waals surface area contributed by atoms with Crippen LogP contribution in [-0.2, 0) is 16.0 Å². The van der Waals surface area contributed by atoms with Crippen molar-refractivity contribution in [3.63, 3.8) is 0 Å². The summed E-state index contributed by atoms with van der Waals surface area (Å²) in [6.07, 6.45) is 2.14. The number of carboxylic acids is 1. The lowest BCUT2D eigenvalue weighted by atomic mass is 10.0. The molecule has 2 atom stereocenters. The van der Waals surface area contributed by atoms with Gasteiger partial charge in [-0.2, -0.15) is 0 Å². The van der Waals surface area contributed by atoms with E-state index in [0.29, 0.717) is 22.2 Å². The van der Waals surface area contributed by atoms with Gasteiger partial charge in [0.1, 0.15) is 17.1 Å². The van der Waals surface area contributed by atoms with Crippen molar-refractivity contribution >= 4 is 35.4 Å². The number of fused-ring (bicyclic) bond motifs is 1. The molecular weight excluding hydrogens is 326 g/mol. The third-order valence-electron chi connectivity index (χ3n) is 3.61. The van der Waals surface area contributed by atoms with E-state index in [1.807, 2.05) is 6.92 Å². The van der Waals surface area contributed by atoms with Crippen LogP contribution in [-0.4, -0.2) is 49.8 Å². The first-order chi connectivity index (χ1) is 10.5. The van der Waals surface area contributed by atoms with Crippen LogP contribution in [0.2, 0.25) is 0 Å². The van der Waals surface area contributed by atoms with Gasteiger partial charge in [-0.3, -0.25) is 9.69 Å². The number of nitrogens with two attached hydrogens (primary N) is 1. The van der Waals surface area contributed by atoms with E-state index in [2.05, 4.69) is 4.98 Å². The number of aliphatic carboxylic acids is 1. The monoisotopic (exact) mass is 341 g/mol. The molecule has 1 saturated heterocycles. The zero-order valence-electron chi connectivity index (χ0n) is 11.8. The number of β-lactam (4-membered cyclic amide) rings is 1. The maximum atomic E-state index is 11.8. The van der Waals surface area contributed by atoms with Crippen LogP contribution in [0.5, 0.6) is 0 Å². The van der Waals surface area contributed by atoms with Gasteiger partial charge in [-0.15, -0.1) is 11.8 Å². The first kappa shape index (κ1) is 15.4. The fraction of sp³-hybridized carbons (Fsp3) is 0.462. The van der Waals surface area contributed by atoms with Gasteiger partial charge < -0.3 is 15.3 Å². The predicted molar refractivity (Wildman–Crippen MR) is 82.3 cm³/mol. The molecule has 0 aliphatic carbocycles. The highest BCUT2D eigenvalue weighted by molar-refractivity contribution is 8.01. The normalized spacial score (nSPS) is 24.3. The number of thioether (sulfide) groups is 2. The average molecular weight is 341 g/mol. The minimum absolute atomic E-state index is 0.0699. The molecule has 3 rings (SSSR count). The summed E-state index contributed by atoms with van der Waals surface area (Å²) < 4.78 is 5.32. The number of aromatic nitrogens is 1. The van der Waals surface area contributed by atoms with Crippen LogP contribution in [0.4, 0.5) is 0 Å². The molecule has 1 aromatic heterocycles. The van der Waals surface area contributed by atoms with Crippen LogP contribution < -0.4 is 5.73 Å². The SMILES string of the molecule is CCc1ncoc1SCC1=C(C(=O)O)N2C(=O)C(N)[C@@H]2SC1. The maximum absolute atomic E-state index is 11.8. The van der Waals surface area contributed by atoms with Gasteiger partial charge in [0.05, 0.1) is 5.69 Å². The second-order valence-corrected chi connectivity index (χ2v) is 6.97. The highest BCUT2D eigenvalue weighted by Crippen LogP contribution is 2.40. The summed E-state index contributed by atoms with van der Waals surface area (Å²) in [5.74, 6) is -0.421. The zero-order chi connectivity index (χ0) is 15.9. The summed E-state index contributed by atoms with van der Waals surface area (Å²) >= 11 is 2.90. The van der Waals surface area contributed by atoms with Crippen molar-refractivity contribution in [1.82, 2.24) is 9.88 Å². The van der Waals surface area contributed by atoms with Crippen molar-refractivity contribution in [3.8, 4) is 0 Å². The van der Waals surface area contributed by atoms with Gasteiger partial charge >= 0.3 is 5.97 Å². The van der Waals surface area contributed by atoms with E-state index in [0.717, 1.165) is 12.1 Å². The molecule has 1 amide bonds. The largest absolute Gasteiger partial charge is 0.477 e. The molecule has 2 aliphatic heterocycles. The van der Waals surface area contributed by atoms with Gasteiger partial charge in [0.15, 0.2) is 11.5 Å². The van der Waals surface area contributed by atoms with Crippen LogP contribution in [0.25, 0.3) is 0 Å². The van der Waals surface area contributed by atoms with E-state index in [9.17, 15) is 14.7 Å². The van der Waals surface area contributed by atoms with Gasteiger partial charge in [0.25, 0.3) is 0 Å². The fourth-order valence-electron chi connectivity index (χ4n) is 2.46. The molecule has 118 valence electrons. The molecule has 2 aliphatic rings. The molecule has 0 radical (unpaired) electrons. The number of nitrogens with zero attached hydrogens (tertiary/aromatic N) is 2. The van der Waals surface area contributed by atoms with Crippen molar-refractivity contribution in [2.45, 2.75) is 29.9 Å². The third-order valence-corrected chi connectivity index (χ3v) is 6.05. The van der Waals surface area contributed by atoms with Gasteiger partial charge in [-0.1, -0.05) is 18.7 Å². The van der Waals surface area contributed by atoms with Crippen molar-refractivity contribution in [3.05, 3.63) is 23.4 Å². The molecule has 0 spiro atoms. The summed E-state index contributed by atoms with van der Waals surface area (Å²) in [5.41, 5.74) is 7.35. The average Bonchev–Trinajstić information content (AvgIpc) is 2.98. The van der Waals surface area contributed by atoms with E-state index in [1.165, 1.54) is 34.8 Å². The minimum Gasteiger partial charge on any atom is -0.477 e. The first-order valence-corrected chi connectivity index (χ1v) is 8.78. The Hall–Kier alpha value is -1.45. The highest BCUT2D eigenvalue weighted by atomic mass is 32.2. The molecule has 0 aromatic carbocycles. The zero-order valence-corrected chi connectivity index (χ0v) is 13.4. The van der Waals surface area contributed by atoms with Gasteiger partial charge in [0, 0.05) is 11.5 Å². The standard InChI is InChI=1S/C13H15N3O4S2/c1-2-7-13(20-5-15-7)22-4-6-3-21-11-8(14)10(17)16(11)9(6)12(18)19/h5,8,11H,2-4,14H2,1H3,(H,18,19)/t8?,11-/m0/s1. The molecule has 3 heterocycles. The summed E-state index contributed by atoms with van der Waals surface area (Å²) in [4.78, 5) is 28.8. The second kappa shape index (κ2) is 5.98. The van der Waals surface area contributed by atoms with Crippen molar-refractivity contribution in [1.29, 1.82) is 0 Å². The number of rotatable bonds is 5. The Morgan fingerprint density at radius 2 is 2.45 bits per heavy atom. The molecule has 1 aromatic rings. The number of carbonyl (C=O) groups is 2. The predicted octanol–water partition coefficient (Wildman–Crippen LogP) is 0.910. The summed E-state index contributed by atoms with van der Waals surface area (Å²) in [5, 5.41) is 9.88. The van der Waals surface area contributed by atoms with Crippen LogP contribution in [0.3, 0.4) is 0 Å². The topological polar surface area (TPSA) is 110 Å². The van der Waals surface area contributed by atoms with E-state index >= 15 is 0 Å². The van der Waals surface area contributed by atoms with Gasteiger partial charge in [-0.25, -0.2) is 9.78 Å². The number of carbonyl (C=O) groups excluding carboxylic acids is 1. The van der Waals surface area contributed by atoms with E-state index in [1.54, 1.807) is 0 Å². The summed E-state index contributed by atoms with van der Waals surface area (Å²) in [6.45, 7) is 1.98. The Morgan fingerprint density at radius 1 is 1.68 bits per heavy atom. The molecule has 3 N–H and O–H groups in total. The Labute approximate surface area is 135 Å². The third kappa shape index (κ3) is 2.42. The van der Waals surface area contributed by atoms with Crippen LogP contribution in [0.15, 0.2) is 27.2 Å². The molecular formula is C13H15N3O4S2. The maximum Gasteiger partial charge on any atom is 0.352 e. The second-order valence-electron chi connectivity index (χ2n) is 4.92. The first-order valence-electron chi connectivity index (χ1n) is 6.75. The number of hydrogen-bond donors (Lipinski definition) is 2. The van der Waals surface area contributed by atoms with Crippen molar-refractivity contribution < 1.29 is 19.1 Å².